The number of carbonyl (C=O) groups is 4. The lowest BCUT2D eigenvalue weighted by Gasteiger charge is -2.40. The van der Waals surface area contributed by atoms with Crippen molar-refractivity contribution in [2.24, 2.45) is 0 Å². The molecule has 4 aliphatic rings. The van der Waals surface area contributed by atoms with Gasteiger partial charge in [0.15, 0.2) is 11.2 Å². The third-order valence-electron chi connectivity index (χ3n) is 12.3. The standard InChI is InChI=1S/C45H43F3N10O5S/c46-28-19-37-39(52-25-57(37)23-28)40(42(61)54-44-50-11-16-64-44)58-24-32-31(43(58)62)17-27(18-33(32)47)2-1-26-3-5-35(51-22-26)41(60)53-30-7-12-56(13-8-30)38(59)21-45(63)9-14-55(15-10-45)36-6-4-29(49)20-34(36)48/h3-6,11,16-18,20,22,25,28,30,40,63H,7-10,12-15,19,21,23-24,49H2,(H,53,60)(H,50,54,61)/t28-,40?/m1/s1. The summed E-state index contributed by atoms with van der Waals surface area (Å²) in [6.45, 7) is 1.48. The lowest BCUT2D eigenvalue weighted by atomic mass is 9.87. The van der Waals surface area contributed by atoms with E-state index in [9.17, 15) is 33.1 Å². The highest BCUT2D eigenvalue weighted by molar-refractivity contribution is 7.13. The van der Waals surface area contributed by atoms with Crippen LogP contribution < -0.4 is 21.3 Å². The van der Waals surface area contributed by atoms with E-state index >= 15 is 4.39 Å². The molecule has 2 aromatic carbocycles. The molecule has 2 atom stereocenters. The number of aliphatic hydroxyl groups is 1. The fourth-order valence-electron chi connectivity index (χ4n) is 8.85. The van der Waals surface area contributed by atoms with Gasteiger partial charge in [0.1, 0.15) is 23.5 Å². The van der Waals surface area contributed by atoms with Crippen LogP contribution in [0.1, 0.15) is 87.1 Å². The Bertz CT molecular complexity index is 2690. The van der Waals surface area contributed by atoms with Crippen LogP contribution in [0, 0.1) is 23.5 Å². The second-order valence-electron chi connectivity index (χ2n) is 16.6. The monoisotopic (exact) mass is 892 g/mol. The summed E-state index contributed by atoms with van der Waals surface area (Å²) in [6.07, 6.45) is 4.87. The topological polar surface area (TPSA) is 192 Å². The largest absolute Gasteiger partial charge is 0.399 e. The third kappa shape index (κ3) is 8.75. The van der Waals surface area contributed by atoms with E-state index in [-0.39, 0.29) is 66.0 Å². The second kappa shape index (κ2) is 17.4. The Morgan fingerprint density at radius 2 is 1.77 bits per heavy atom. The first kappa shape index (κ1) is 42.5. The number of hydrogen-bond acceptors (Lipinski definition) is 11. The van der Waals surface area contributed by atoms with Gasteiger partial charge < -0.3 is 35.4 Å². The van der Waals surface area contributed by atoms with Gasteiger partial charge in [0.05, 0.1) is 42.8 Å². The maximum absolute atomic E-state index is 15.7. The van der Waals surface area contributed by atoms with Gasteiger partial charge in [-0.25, -0.2) is 28.1 Å². The van der Waals surface area contributed by atoms with Crippen LogP contribution in [0.15, 0.2) is 66.6 Å². The molecule has 0 aliphatic carbocycles. The number of rotatable bonds is 9. The molecule has 0 bridgehead atoms. The molecule has 15 nitrogen and oxygen atoms in total. The number of alkyl halides is 1. The number of imidazole rings is 1. The van der Waals surface area contributed by atoms with Crippen LogP contribution in [0.4, 0.5) is 29.7 Å². The molecule has 19 heteroatoms. The highest BCUT2D eigenvalue weighted by atomic mass is 32.1. The van der Waals surface area contributed by atoms with Crippen LogP contribution in [-0.2, 0) is 29.1 Å². The van der Waals surface area contributed by atoms with Crippen LogP contribution in [0.25, 0.3) is 0 Å². The van der Waals surface area contributed by atoms with Gasteiger partial charge in [-0.15, -0.1) is 11.3 Å². The zero-order valence-electron chi connectivity index (χ0n) is 34.4. The average Bonchev–Trinajstić information content (AvgIpc) is 4.08. The number of carbonyl (C=O) groups excluding carboxylic acids is 4. The molecule has 330 valence electrons. The molecule has 64 heavy (non-hydrogen) atoms. The predicted octanol–water partition coefficient (Wildman–Crippen LogP) is 4.37. The Labute approximate surface area is 369 Å². The smallest absolute Gasteiger partial charge is 0.270 e. The summed E-state index contributed by atoms with van der Waals surface area (Å²) in [7, 11) is 0. The quantitative estimate of drug-likeness (QED) is 0.122. The van der Waals surface area contributed by atoms with Crippen molar-refractivity contribution in [2.75, 3.05) is 42.1 Å². The maximum atomic E-state index is 15.7. The SMILES string of the molecule is Nc1ccc(N2CCC(O)(CC(=O)N3CCC(NC(=O)c4ccc(C#Cc5cc(F)c6c(c5)C(=O)N(C(C(=O)Nc5nccs5)c5ncn7c5C[C@@H](F)C7)C6)cn4)CC3)CC2)c(F)c1. The summed E-state index contributed by atoms with van der Waals surface area (Å²) < 4.78 is 46.1. The van der Waals surface area contributed by atoms with Crippen molar-refractivity contribution in [1.82, 2.24) is 34.6 Å². The van der Waals surface area contributed by atoms with Crippen molar-refractivity contribution < 1.29 is 37.5 Å². The number of halogens is 3. The molecule has 0 saturated carbocycles. The zero-order chi connectivity index (χ0) is 44.7. The Kier molecular flexibility index (Phi) is 11.6. The Morgan fingerprint density at radius 1 is 0.984 bits per heavy atom. The van der Waals surface area contributed by atoms with Gasteiger partial charge in [0.2, 0.25) is 5.91 Å². The van der Waals surface area contributed by atoms with E-state index in [1.54, 1.807) is 33.0 Å². The number of benzene rings is 2. The van der Waals surface area contributed by atoms with Gasteiger partial charge in [-0.05, 0) is 68.1 Å². The van der Waals surface area contributed by atoms with Crippen molar-refractivity contribution in [1.29, 1.82) is 0 Å². The van der Waals surface area contributed by atoms with E-state index in [2.05, 4.69) is 37.4 Å². The minimum atomic E-state index is -1.28. The zero-order valence-corrected chi connectivity index (χ0v) is 35.2. The normalized spacial score (nSPS) is 18.5. The molecule has 2 fully saturated rings. The summed E-state index contributed by atoms with van der Waals surface area (Å²) in [4.78, 5) is 71.6. The highest BCUT2D eigenvalue weighted by Crippen LogP contribution is 2.37. The molecule has 1 unspecified atom stereocenters. The number of nitrogens with one attached hydrogen (secondary N) is 2. The number of nitrogens with two attached hydrogens (primary N) is 1. The number of piperidine rings is 2. The summed E-state index contributed by atoms with van der Waals surface area (Å²) in [5.74, 6) is 2.89. The fourth-order valence-corrected chi connectivity index (χ4v) is 9.38. The molecule has 9 rings (SSSR count). The number of hydrogen-bond donors (Lipinski definition) is 4. The van der Waals surface area contributed by atoms with Crippen LogP contribution in [0.5, 0.6) is 0 Å². The number of nitrogen functional groups attached to an aromatic ring is 1. The number of thiazole rings is 1. The number of fused-ring (bicyclic) bond motifs is 2. The van der Waals surface area contributed by atoms with E-state index in [1.807, 2.05) is 4.90 Å². The molecular weight excluding hydrogens is 850 g/mol. The fraction of sp³-hybridized carbons (Fsp3) is 0.356. The second-order valence-corrected chi connectivity index (χ2v) is 17.5. The summed E-state index contributed by atoms with van der Waals surface area (Å²) in [6, 6.07) is 8.84. The first-order chi connectivity index (χ1) is 30.8. The van der Waals surface area contributed by atoms with Crippen molar-refractivity contribution in [3.8, 4) is 11.8 Å². The molecule has 4 amide bonds. The first-order valence-corrected chi connectivity index (χ1v) is 21.8. The number of likely N-dealkylation sites (tertiary alicyclic amines) is 1. The average molecular weight is 893 g/mol. The summed E-state index contributed by atoms with van der Waals surface area (Å²) >= 11 is 1.19. The van der Waals surface area contributed by atoms with Gasteiger partial charge in [0.25, 0.3) is 17.7 Å². The van der Waals surface area contributed by atoms with Gasteiger partial charge in [0, 0.05) is 90.1 Å². The number of nitrogens with zero attached hydrogens (tertiary/aromatic N) is 7. The van der Waals surface area contributed by atoms with Crippen LogP contribution in [0.2, 0.25) is 0 Å². The molecule has 7 heterocycles. The molecule has 3 aromatic heterocycles. The minimum absolute atomic E-state index is 0.0247. The van der Waals surface area contributed by atoms with Gasteiger partial charge in [-0.1, -0.05) is 11.8 Å². The molecule has 0 radical (unpaired) electrons. The number of anilines is 3. The maximum Gasteiger partial charge on any atom is 0.270 e. The molecule has 5 aromatic rings. The van der Waals surface area contributed by atoms with Crippen molar-refractivity contribution in [3.63, 3.8) is 0 Å². The third-order valence-corrected chi connectivity index (χ3v) is 13.0. The first-order valence-electron chi connectivity index (χ1n) is 20.9. The van der Waals surface area contributed by atoms with E-state index < -0.39 is 47.2 Å². The molecule has 2 saturated heterocycles. The molecule has 0 spiro atoms. The highest BCUT2D eigenvalue weighted by Gasteiger charge is 2.43. The van der Waals surface area contributed by atoms with Crippen molar-refractivity contribution in [2.45, 2.75) is 75.5 Å². The molecule has 5 N–H and O–H groups in total. The molecular formula is C45H43F3N10O5S. The summed E-state index contributed by atoms with van der Waals surface area (Å²) in [5, 5.41) is 18.9. The van der Waals surface area contributed by atoms with Crippen LogP contribution in [-0.4, -0.2) is 102 Å². The predicted molar refractivity (Wildman–Crippen MR) is 230 cm³/mol. The van der Waals surface area contributed by atoms with Crippen molar-refractivity contribution >= 4 is 51.5 Å². The van der Waals surface area contributed by atoms with Crippen LogP contribution >= 0.6 is 11.3 Å². The number of aromatic nitrogens is 4. The minimum Gasteiger partial charge on any atom is -0.399 e. The Hall–Kier alpha value is -6.78. The van der Waals surface area contributed by atoms with Gasteiger partial charge >= 0.3 is 0 Å². The Balaban J connectivity index is 0.787. The number of amides is 4. The lowest BCUT2D eigenvalue weighted by Crippen LogP contribution is -2.50. The summed E-state index contributed by atoms with van der Waals surface area (Å²) in [5.41, 5.74) is 6.87. The van der Waals surface area contributed by atoms with E-state index in [0.29, 0.717) is 79.6 Å². The van der Waals surface area contributed by atoms with E-state index in [1.165, 1.54) is 59.2 Å². The van der Waals surface area contributed by atoms with Gasteiger partial charge in [-0.3, -0.25) is 24.5 Å². The molecule has 4 aliphatic heterocycles. The number of pyridine rings is 1. The van der Waals surface area contributed by atoms with Crippen LogP contribution in [0.3, 0.4) is 0 Å². The van der Waals surface area contributed by atoms with E-state index in [4.69, 9.17) is 5.73 Å². The van der Waals surface area contributed by atoms with Crippen molar-refractivity contribution in [3.05, 3.63) is 118 Å². The van der Waals surface area contributed by atoms with E-state index in [0.717, 1.165) is 0 Å². The van der Waals surface area contributed by atoms with Gasteiger partial charge in [-0.2, -0.15) is 0 Å². The lowest BCUT2D eigenvalue weighted by molar-refractivity contribution is -0.138. The Morgan fingerprint density at radius 3 is 2.48 bits per heavy atom.